The Morgan fingerprint density at radius 2 is 1.89 bits per heavy atom. The Kier molecular flexibility index (Phi) is 4.08. The molecule has 27 heavy (non-hydrogen) atoms. The molecule has 0 aliphatic carbocycles. The highest BCUT2D eigenvalue weighted by atomic mass is 32.2. The van der Waals surface area contributed by atoms with Gasteiger partial charge < -0.3 is 4.90 Å². The number of carbonyl (C=O) groups excluding carboxylic acids is 1. The Morgan fingerprint density at radius 1 is 1.15 bits per heavy atom. The summed E-state index contributed by atoms with van der Waals surface area (Å²) in [6, 6.07) is 9.99. The van der Waals surface area contributed by atoms with Crippen LogP contribution in [-0.4, -0.2) is 38.8 Å². The molecule has 0 bridgehead atoms. The van der Waals surface area contributed by atoms with Gasteiger partial charge in [0.2, 0.25) is 15.9 Å². The summed E-state index contributed by atoms with van der Waals surface area (Å²) in [5.74, 6) is -0.790. The number of nitrogens with zero attached hydrogens (tertiary/aromatic N) is 2. The lowest BCUT2D eigenvalue weighted by molar-refractivity contribution is -0.117. The number of carbonyl (C=O) groups is 1. The van der Waals surface area contributed by atoms with Gasteiger partial charge in [0.15, 0.2) is 5.67 Å². The highest BCUT2D eigenvalue weighted by Crippen LogP contribution is 2.40. The van der Waals surface area contributed by atoms with Gasteiger partial charge in [-0.1, -0.05) is 18.2 Å². The fourth-order valence-corrected chi connectivity index (χ4v) is 5.28. The molecule has 8 heteroatoms. The standard InChI is InChI=1S/C19H18F2N2O3S/c1-22-17-7-6-14(10-13(17)11-18(22)24)27(25,26)23-9-8-19(21,12-23)15-4-2-3-5-16(15)20/h2-7,10H,8-9,11-12H2,1H3. The van der Waals surface area contributed by atoms with Crippen LogP contribution in [0.1, 0.15) is 17.5 Å². The predicted octanol–water partition coefficient (Wildman–Crippen LogP) is 2.60. The first-order valence-electron chi connectivity index (χ1n) is 8.56. The minimum atomic E-state index is -3.95. The number of halogens is 2. The van der Waals surface area contributed by atoms with E-state index in [9.17, 15) is 17.6 Å². The Morgan fingerprint density at radius 3 is 2.63 bits per heavy atom. The van der Waals surface area contributed by atoms with Crippen molar-refractivity contribution < 1.29 is 22.0 Å². The van der Waals surface area contributed by atoms with E-state index in [1.807, 2.05) is 0 Å². The third-order valence-electron chi connectivity index (χ3n) is 5.31. The SMILES string of the molecule is CN1C(=O)Cc2cc(S(=O)(=O)N3CCC(F)(c4ccccc4F)C3)ccc21. The predicted molar refractivity (Wildman–Crippen MR) is 96.1 cm³/mol. The molecule has 5 nitrogen and oxygen atoms in total. The van der Waals surface area contributed by atoms with Crippen molar-refractivity contribution in [3.05, 3.63) is 59.4 Å². The first kappa shape index (κ1) is 18.1. The molecule has 2 aromatic carbocycles. The molecule has 1 atom stereocenters. The number of anilines is 1. The van der Waals surface area contributed by atoms with Crippen LogP contribution >= 0.6 is 0 Å². The molecule has 4 rings (SSSR count). The molecule has 2 aliphatic heterocycles. The second kappa shape index (κ2) is 6.10. The lowest BCUT2D eigenvalue weighted by atomic mass is 9.94. The van der Waals surface area contributed by atoms with Crippen molar-refractivity contribution in [2.45, 2.75) is 23.4 Å². The number of likely N-dealkylation sites (N-methyl/N-ethyl adjacent to an activating group) is 1. The van der Waals surface area contributed by atoms with Crippen LogP contribution in [-0.2, 0) is 26.9 Å². The van der Waals surface area contributed by atoms with Crippen molar-refractivity contribution in [1.29, 1.82) is 0 Å². The van der Waals surface area contributed by atoms with Crippen molar-refractivity contribution in [3.8, 4) is 0 Å². The van der Waals surface area contributed by atoms with Crippen LogP contribution in [0.3, 0.4) is 0 Å². The Hall–Kier alpha value is -2.32. The topological polar surface area (TPSA) is 57.7 Å². The van der Waals surface area contributed by atoms with E-state index in [1.54, 1.807) is 13.1 Å². The molecule has 0 spiro atoms. The van der Waals surface area contributed by atoms with Crippen LogP contribution in [0.2, 0.25) is 0 Å². The lowest BCUT2D eigenvalue weighted by Crippen LogP contribution is -2.32. The average Bonchev–Trinajstić information content (AvgIpc) is 3.17. The van der Waals surface area contributed by atoms with Gasteiger partial charge in [-0.15, -0.1) is 0 Å². The van der Waals surface area contributed by atoms with Gasteiger partial charge in [-0.2, -0.15) is 4.31 Å². The Balaban J connectivity index is 1.64. The van der Waals surface area contributed by atoms with Crippen molar-refractivity contribution in [1.82, 2.24) is 4.31 Å². The van der Waals surface area contributed by atoms with Crippen LogP contribution in [0.25, 0.3) is 0 Å². The number of rotatable bonds is 3. The molecule has 1 amide bonds. The molecule has 1 unspecified atom stereocenters. The maximum absolute atomic E-state index is 15.3. The maximum atomic E-state index is 15.3. The van der Waals surface area contributed by atoms with Crippen LogP contribution in [0.5, 0.6) is 0 Å². The van der Waals surface area contributed by atoms with E-state index in [2.05, 4.69) is 0 Å². The van der Waals surface area contributed by atoms with Gasteiger partial charge in [0.05, 0.1) is 17.9 Å². The fraction of sp³-hybridized carbons (Fsp3) is 0.316. The number of alkyl halides is 1. The minimum Gasteiger partial charge on any atom is -0.315 e. The van der Waals surface area contributed by atoms with Gasteiger partial charge in [0.1, 0.15) is 5.82 Å². The number of fused-ring (bicyclic) bond motifs is 1. The van der Waals surface area contributed by atoms with Crippen molar-refractivity contribution in [2.24, 2.45) is 0 Å². The van der Waals surface area contributed by atoms with E-state index in [0.29, 0.717) is 11.3 Å². The number of benzene rings is 2. The highest BCUT2D eigenvalue weighted by Gasteiger charge is 2.46. The zero-order valence-electron chi connectivity index (χ0n) is 14.7. The van der Waals surface area contributed by atoms with Gasteiger partial charge >= 0.3 is 0 Å². The monoisotopic (exact) mass is 392 g/mol. The van der Waals surface area contributed by atoms with Crippen molar-refractivity contribution >= 4 is 21.6 Å². The summed E-state index contributed by atoms with van der Waals surface area (Å²) in [5.41, 5.74) is -0.885. The number of hydrogen-bond donors (Lipinski definition) is 0. The van der Waals surface area contributed by atoms with Gasteiger partial charge in [-0.25, -0.2) is 17.2 Å². The quantitative estimate of drug-likeness (QED) is 0.807. The molecular formula is C19H18F2N2O3S. The van der Waals surface area contributed by atoms with Crippen LogP contribution in [0.15, 0.2) is 47.4 Å². The molecule has 2 aliphatic rings. The third kappa shape index (κ3) is 2.83. The summed E-state index contributed by atoms with van der Waals surface area (Å²) in [4.78, 5) is 13.3. The largest absolute Gasteiger partial charge is 0.315 e. The second-order valence-corrected chi connectivity index (χ2v) is 8.89. The second-order valence-electron chi connectivity index (χ2n) is 6.95. The lowest BCUT2D eigenvalue weighted by Gasteiger charge is -2.22. The third-order valence-corrected chi connectivity index (χ3v) is 7.15. The smallest absolute Gasteiger partial charge is 0.243 e. The molecular weight excluding hydrogens is 374 g/mol. The number of sulfonamides is 1. The first-order valence-corrected chi connectivity index (χ1v) is 10.00. The summed E-state index contributed by atoms with van der Waals surface area (Å²) < 4.78 is 56.3. The van der Waals surface area contributed by atoms with Gasteiger partial charge in [0.25, 0.3) is 0 Å². The first-order chi connectivity index (χ1) is 12.7. The maximum Gasteiger partial charge on any atom is 0.243 e. The molecule has 2 aromatic rings. The fourth-order valence-electron chi connectivity index (χ4n) is 3.75. The zero-order valence-corrected chi connectivity index (χ0v) is 15.5. The summed E-state index contributed by atoms with van der Waals surface area (Å²) in [6.07, 6.45) is 0.0246. The molecule has 0 saturated carbocycles. The molecule has 1 saturated heterocycles. The zero-order chi connectivity index (χ0) is 19.4. The molecule has 142 valence electrons. The average molecular weight is 392 g/mol. The molecule has 0 N–H and O–H groups in total. The Labute approximate surface area is 156 Å². The van der Waals surface area contributed by atoms with Crippen LogP contribution in [0.4, 0.5) is 14.5 Å². The summed E-state index contributed by atoms with van der Waals surface area (Å²) in [6.45, 7) is -0.477. The molecule has 1 fully saturated rings. The minimum absolute atomic E-state index is 0.0159. The van der Waals surface area contributed by atoms with Crippen molar-refractivity contribution in [3.63, 3.8) is 0 Å². The van der Waals surface area contributed by atoms with Gasteiger partial charge in [-0.3, -0.25) is 4.79 Å². The van der Waals surface area contributed by atoms with Gasteiger partial charge in [-0.05, 0) is 29.8 Å². The molecule has 2 heterocycles. The molecule has 0 radical (unpaired) electrons. The summed E-state index contributed by atoms with van der Waals surface area (Å²) >= 11 is 0. The normalized spacial score (nSPS) is 23.1. The number of amides is 1. The Bertz CT molecular complexity index is 1040. The van der Waals surface area contributed by atoms with Crippen molar-refractivity contribution in [2.75, 3.05) is 25.0 Å². The van der Waals surface area contributed by atoms with E-state index in [-0.39, 0.29) is 35.8 Å². The van der Waals surface area contributed by atoms with Crippen LogP contribution < -0.4 is 4.90 Å². The van der Waals surface area contributed by atoms with Gasteiger partial charge in [0, 0.05) is 31.3 Å². The van der Waals surface area contributed by atoms with E-state index in [0.717, 1.165) is 4.31 Å². The highest BCUT2D eigenvalue weighted by molar-refractivity contribution is 7.89. The van der Waals surface area contributed by atoms with E-state index in [1.165, 1.54) is 41.3 Å². The molecule has 0 aromatic heterocycles. The van der Waals surface area contributed by atoms with E-state index < -0.39 is 28.1 Å². The van der Waals surface area contributed by atoms with E-state index >= 15 is 4.39 Å². The van der Waals surface area contributed by atoms with E-state index in [4.69, 9.17) is 0 Å². The summed E-state index contributed by atoms with van der Waals surface area (Å²) in [5, 5.41) is 0. The number of hydrogen-bond acceptors (Lipinski definition) is 3. The van der Waals surface area contributed by atoms with Crippen LogP contribution in [0, 0.1) is 5.82 Å². The summed E-state index contributed by atoms with van der Waals surface area (Å²) in [7, 11) is -2.31.